The van der Waals surface area contributed by atoms with Gasteiger partial charge in [0.05, 0.1) is 0 Å². The van der Waals surface area contributed by atoms with Gasteiger partial charge in [0.2, 0.25) is 5.91 Å². The highest BCUT2D eigenvalue weighted by Crippen LogP contribution is 2.33. The lowest BCUT2D eigenvalue weighted by Gasteiger charge is -2.33. The first-order valence-corrected chi connectivity index (χ1v) is 9.31. The van der Waals surface area contributed by atoms with Crippen LogP contribution < -0.4 is 0 Å². The average Bonchev–Trinajstić information content (AvgIpc) is 3.09. The second-order valence-corrected chi connectivity index (χ2v) is 7.51. The zero-order chi connectivity index (χ0) is 15.6. The fourth-order valence-electron chi connectivity index (χ4n) is 4.09. The molecule has 1 amide bonds. The quantitative estimate of drug-likeness (QED) is 0.807. The minimum atomic E-state index is 0.346. The van der Waals surface area contributed by atoms with E-state index in [9.17, 15) is 4.79 Å². The van der Waals surface area contributed by atoms with Crippen molar-refractivity contribution in [1.29, 1.82) is 0 Å². The first-order valence-electron chi connectivity index (χ1n) is 9.31. The number of rotatable bonds is 6. The summed E-state index contributed by atoms with van der Waals surface area (Å²) >= 11 is 0. The van der Waals surface area contributed by atoms with E-state index in [4.69, 9.17) is 0 Å². The maximum absolute atomic E-state index is 11.7. The van der Waals surface area contributed by atoms with Crippen molar-refractivity contribution in [3.05, 3.63) is 18.2 Å². The molecule has 126 valence electrons. The van der Waals surface area contributed by atoms with Crippen molar-refractivity contribution in [3.63, 3.8) is 0 Å². The van der Waals surface area contributed by atoms with Gasteiger partial charge in [0.15, 0.2) is 0 Å². The molecule has 2 aliphatic heterocycles. The molecule has 0 unspecified atom stereocenters. The van der Waals surface area contributed by atoms with Gasteiger partial charge in [0, 0.05) is 57.5 Å². The van der Waals surface area contributed by atoms with E-state index in [0.717, 1.165) is 51.5 Å². The molecule has 3 heterocycles. The highest BCUT2D eigenvalue weighted by molar-refractivity contribution is 5.78. The number of nitrogens with zero attached hydrogens (tertiary/aromatic N) is 4. The molecular formula is C18H28N4O. The largest absolute Gasteiger partial charge is 0.341 e. The fourth-order valence-corrected chi connectivity index (χ4v) is 4.09. The molecular weight excluding hydrogens is 288 g/mol. The van der Waals surface area contributed by atoms with Crippen LogP contribution in [0.1, 0.15) is 50.3 Å². The second kappa shape index (κ2) is 6.63. The molecule has 1 saturated carbocycles. The van der Waals surface area contributed by atoms with Crippen LogP contribution in [-0.4, -0.2) is 58.0 Å². The summed E-state index contributed by atoms with van der Waals surface area (Å²) in [5, 5.41) is 0. The van der Waals surface area contributed by atoms with Crippen LogP contribution in [0.5, 0.6) is 0 Å². The maximum Gasteiger partial charge on any atom is 0.222 e. The van der Waals surface area contributed by atoms with Gasteiger partial charge in [-0.2, -0.15) is 0 Å². The molecule has 1 aromatic heterocycles. The van der Waals surface area contributed by atoms with E-state index in [1.807, 2.05) is 11.1 Å². The Morgan fingerprint density at radius 2 is 2.04 bits per heavy atom. The summed E-state index contributed by atoms with van der Waals surface area (Å²) in [7, 11) is 0. The molecule has 3 aliphatic rings. The fraction of sp³-hybridized carbons (Fsp3) is 0.778. The summed E-state index contributed by atoms with van der Waals surface area (Å²) in [6.45, 7) is 6.31. The third-order valence-electron chi connectivity index (χ3n) is 5.63. The Bertz CT molecular complexity index is 551. The van der Waals surface area contributed by atoms with Gasteiger partial charge in [-0.05, 0) is 44.6 Å². The molecule has 2 saturated heterocycles. The van der Waals surface area contributed by atoms with E-state index >= 15 is 0 Å². The molecule has 0 spiro atoms. The van der Waals surface area contributed by atoms with Gasteiger partial charge < -0.3 is 14.4 Å². The SMILES string of the molecule is O=C1CCCN1CCN1CCC[C@H](c2nccn2CC2CC2)C1. The molecule has 0 radical (unpaired) electrons. The van der Waals surface area contributed by atoms with E-state index in [2.05, 4.69) is 20.6 Å². The van der Waals surface area contributed by atoms with Gasteiger partial charge in [0.1, 0.15) is 5.82 Å². The maximum atomic E-state index is 11.7. The number of piperidine rings is 1. The standard InChI is InChI=1S/C18H28N4O/c23-17-4-2-9-21(17)12-11-20-8-1-3-16(14-20)18-19-7-10-22(18)13-15-5-6-15/h7,10,15-16H,1-6,8-9,11-14H2/t16-/m0/s1. The Hall–Kier alpha value is -1.36. The molecule has 5 nitrogen and oxygen atoms in total. The highest BCUT2D eigenvalue weighted by atomic mass is 16.2. The van der Waals surface area contributed by atoms with Crippen LogP contribution in [0.4, 0.5) is 0 Å². The molecule has 3 fully saturated rings. The third-order valence-corrected chi connectivity index (χ3v) is 5.63. The zero-order valence-electron chi connectivity index (χ0n) is 14.0. The minimum absolute atomic E-state index is 0.346. The van der Waals surface area contributed by atoms with Crippen molar-refractivity contribution in [2.75, 3.05) is 32.7 Å². The Kier molecular flexibility index (Phi) is 4.38. The van der Waals surface area contributed by atoms with Crippen molar-refractivity contribution in [2.24, 2.45) is 5.92 Å². The number of carbonyl (C=O) groups excluding carboxylic acids is 1. The number of amides is 1. The van der Waals surface area contributed by atoms with Crippen LogP contribution in [-0.2, 0) is 11.3 Å². The van der Waals surface area contributed by atoms with Crippen molar-refractivity contribution >= 4 is 5.91 Å². The van der Waals surface area contributed by atoms with Crippen LogP contribution in [0.2, 0.25) is 0 Å². The molecule has 1 atom stereocenters. The van der Waals surface area contributed by atoms with E-state index in [0.29, 0.717) is 11.8 Å². The molecule has 5 heteroatoms. The topological polar surface area (TPSA) is 41.4 Å². The van der Waals surface area contributed by atoms with Crippen LogP contribution in [0.25, 0.3) is 0 Å². The van der Waals surface area contributed by atoms with Crippen molar-refractivity contribution in [2.45, 2.75) is 51.0 Å². The summed E-state index contributed by atoms with van der Waals surface area (Å²) < 4.78 is 2.40. The number of carbonyl (C=O) groups is 1. The lowest BCUT2D eigenvalue weighted by atomic mass is 9.97. The predicted molar refractivity (Wildman–Crippen MR) is 89.2 cm³/mol. The molecule has 0 aromatic carbocycles. The van der Waals surface area contributed by atoms with E-state index in [-0.39, 0.29) is 0 Å². The highest BCUT2D eigenvalue weighted by Gasteiger charge is 2.28. The Labute approximate surface area is 138 Å². The van der Waals surface area contributed by atoms with Crippen molar-refractivity contribution in [1.82, 2.24) is 19.4 Å². The summed E-state index contributed by atoms with van der Waals surface area (Å²) in [6.07, 6.45) is 11.2. The summed E-state index contributed by atoms with van der Waals surface area (Å²) in [5.41, 5.74) is 0. The van der Waals surface area contributed by atoms with Crippen molar-refractivity contribution in [3.8, 4) is 0 Å². The van der Waals surface area contributed by atoms with Gasteiger partial charge in [-0.15, -0.1) is 0 Å². The van der Waals surface area contributed by atoms with Gasteiger partial charge in [-0.3, -0.25) is 4.79 Å². The second-order valence-electron chi connectivity index (χ2n) is 7.51. The Morgan fingerprint density at radius 1 is 1.13 bits per heavy atom. The lowest BCUT2D eigenvalue weighted by Crippen LogP contribution is -2.41. The van der Waals surface area contributed by atoms with Gasteiger partial charge in [0.25, 0.3) is 0 Å². The van der Waals surface area contributed by atoms with Gasteiger partial charge in [-0.1, -0.05) is 0 Å². The first-order chi connectivity index (χ1) is 11.3. The number of hydrogen-bond donors (Lipinski definition) is 0. The first kappa shape index (κ1) is 15.2. The summed E-state index contributed by atoms with van der Waals surface area (Å²) in [4.78, 5) is 21.0. The van der Waals surface area contributed by atoms with Crippen LogP contribution >= 0.6 is 0 Å². The predicted octanol–water partition coefficient (Wildman–Crippen LogP) is 2.09. The molecule has 1 aromatic rings. The molecule has 4 rings (SSSR count). The molecule has 0 N–H and O–H groups in total. The van der Waals surface area contributed by atoms with Gasteiger partial charge in [-0.25, -0.2) is 4.98 Å². The van der Waals surface area contributed by atoms with E-state index in [1.54, 1.807) is 0 Å². The smallest absolute Gasteiger partial charge is 0.222 e. The third kappa shape index (κ3) is 3.60. The van der Waals surface area contributed by atoms with Crippen molar-refractivity contribution < 1.29 is 4.79 Å². The minimum Gasteiger partial charge on any atom is -0.341 e. The van der Waals surface area contributed by atoms with Crippen LogP contribution in [0, 0.1) is 5.92 Å². The molecule has 1 aliphatic carbocycles. The van der Waals surface area contributed by atoms with Crippen LogP contribution in [0.3, 0.4) is 0 Å². The van der Waals surface area contributed by atoms with E-state index < -0.39 is 0 Å². The normalized spacial score (nSPS) is 26.2. The Balaban J connectivity index is 1.33. The average molecular weight is 316 g/mol. The monoisotopic (exact) mass is 316 g/mol. The zero-order valence-corrected chi connectivity index (χ0v) is 14.0. The number of likely N-dealkylation sites (tertiary alicyclic amines) is 2. The summed E-state index contributed by atoms with van der Waals surface area (Å²) in [6, 6.07) is 0. The lowest BCUT2D eigenvalue weighted by molar-refractivity contribution is -0.127. The molecule has 23 heavy (non-hydrogen) atoms. The van der Waals surface area contributed by atoms with E-state index in [1.165, 1.54) is 38.1 Å². The summed E-state index contributed by atoms with van der Waals surface area (Å²) in [5.74, 6) is 3.09. The number of hydrogen-bond acceptors (Lipinski definition) is 3. The Morgan fingerprint density at radius 3 is 2.83 bits per heavy atom. The van der Waals surface area contributed by atoms with Crippen LogP contribution in [0.15, 0.2) is 12.4 Å². The van der Waals surface area contributed by atoms with Gasteiger partial charge >= 0.3 is 0 Å². The number of imidazole rings is 1. The number of aromatic nitrogens is 2. The molecule has 0 bridgehead atoms.